The maximum atomic E-state index is 14.0. The number of amides is 1. The number of aliphatic hydroxyl groups is 1. The van der Waals surface area contributed by atoms with Gasteiger partial charge < -0.3 is 24.4 Å². The molecule has 1 atom stereocenters. The number of carbonyl (C=O) groups is 1. The van der Waals surface area contributed by atoms with E-state index in [1.165, 1.54) is 40.9 Å². The minimum Gasteiger partial charge on any atom is -0.506 e. The molecule has 0 fully saturated rings. The average Bonchev–Trinajstić information content (AvgIpc) is 3.55. The molecule has 0 aliphatic heterocycles. The second-order valence-electron chi connectivity index (χ2n) is 11.6. The number of thiophene rings is 2. The predicted molar refractivity (Wildman–Crippen MR) is 178 cm³/mol. The van der Waals surface area contributed by atoms with Crippen molar-refractivity contribution in [3.05, 3.63) is 83.1 Å². The van der Waals surface area contributed by atoms with E-state index in [2.05, 4.69) is 4.72 Å². The lowest BCUT2D eigenvalue weighted by atomic mass is 10.1. The third-order valence-corrected chi connectivity index (χ3v) is 9.12. The highest BCUT2D eigenvalue weighted by Crippen LogP contribution is 2.40. The van der Waals surface area contributed by atoms with E-state index in [-0.39, 0.29) is 17.0 Å². The number of anilines is 1. The molecule has 3 aromatic carbocycles. The molecule has 0 aliphatic rings. The van der Waals surface area contributed by atoms with Crippen LogP contribution in [0, 0.1) is 0 Å². The molecule has 0 saturated carbocycles. The summed E-state index contributed by atoms with van der Waals surface area (Å²) in [6, 6.07) is 19.3. The van der Waals surface area contributed by atoms with Crippen molar-refractivity contribution in [3.8, 4) is 17.2 Å². The van der Waals surface area contributed by atoms with Gasteiger partial charge in [0.1, 0.15) is 22.8 Å². The third kappa shape index (κ3) is 7.61. The van der Waals surface area contributed by atoms with Gasteiger partial charge in [0.15, 0.2) is 0 Å². The largest absolute Gasteiger partial charge is 0.506 e. The van der Waals surface area contributed by atoms with Crippen LogP contribution in [-0.4, -0.2) is 53.9 Å². The number of fused-ring (bicyclic) bond motifs is 2. The first-order valence-electron chi connectivity index (χ1n) is 13.9. The van der Waals surface area contributed by atoms with Crippen LogP contribution in [0.2, 0.25) is 0 Å². The van der Waals surface area contributed by atoms with E-state index in [1.807, 2.05) is 59.3 Å². The zero-order valence-electron chi connectivity index (χ0n) is 25.3. The highest BCUT2D eigenvalue weighted by molar-refractivity contribution is 7.92. The van der Waals surface area contributed by atoms with Gasteiger partial charge in [-0.3, -0.25) is 4.72 Å². The smallest absolute Gasteiger partial charge is 0.416 e. The van der Waals surface area contributed by atoms with Crippen LogP contribution in [0.5, 0.6) is 17.2 Å². The van der Waals surface area contributed by atoms with E-state index in [0.717, 1.165) is 31.3 Å². The molecule has 0 saturated heterocycles. The summed E-state index contributed by atoms with van der Waals surface area (Å²) in [7, 11) is -3.73. The number of nitrogens with zero attached hydrogens (tertiary/aromatic N) is 1. The van der Waals surface area contributed by atoms with E-state index < -0.39 is 40.3 Å². The number of hydrogen-bond donors (Lipinski definition) is 3. The van der Waals surface area contributed by atoms with Gasteiger partial charge in [0, 0.05) is 37.9 Å². The van der Waals surface area contributed by atoms with E-state index >= 15 is 0 Å². The van der Waals surface area contributed by atoms with E-state index in [1.54, 1.807) is 27.7 Å². The van der Waals surface area contributed by atoms with Crippen LogP contribution in [0.25, 0.3) is 20.2 Å². The number of benzene rings is 3. The third-order valence-electron chi connectivity index (χ3n) is 6.65. The highest BCUT2D eigenvalue weighted by Gasteiger charge is 2.45. The first kappa shape index (κ1) is 32.4. The van der Waals surface area contributed by atoms with Crippen molar-refractivity contribution >= 4 is 64.6 Å². The quantitative estimate of drug-likeness (QED) is 0.104. The Morgan fingerprint density at radius 3 is 1.96 bits per heavy atom. The molecule has 0 bridgehead atoms. The summed E-state index contributed by atoms with van der Waals surface area (Å²) in [5, 5.41) is 27.0. The van der Waals surface area contributed by atoms with E-state index in [0.29, 0.717) is 11.5 Å². The van der Waals surface area contributed by atoms with Gasteiger partial charge in [0.25, 0.3) is 0 Å². The molecule has 0 radical (unpaired) electrons. The van der Waals surface area contributed by atoms with Crippen molar-refractivity contribution in [1.29, 1.82) is 0 Å². The fourth-order valence-corrected chi connectivity index (χ4v) is 6.93. The maximum Gasteiger partial charge on any atom is 0.416 e. The van der Waals surface area contributed by atoms with Crippen LogP contribution in [0.4, 0.5) is 10.5 Å². The Morgan fingerprint density at radius 2 is 1.44 bits per heavy atom. The van der Waals surface area contributed by atoms with Crippen molar-refractivity contribution in [2.24, 2.45) is 0 Å². The molecule has 45 heavy (non-hydrogen) atoms. The van der Waals surface area contributed by atoms with Crippen LogP contribution >= 0.6 is 22.7 Å². The summed E-state index contributed by atoms with van der Waals surface area (Å²) >= 11 is 2.94. The van der Waals surface area contributed by atoms with Crippen LogP contribution < -0.4 is 14.2 Å². The summed E-state index contributed by atoms with van der Waals surface area (Å²) in [6.45, 7) is 6.36. The zero-order chi connectivity index (χ0) is 32.6. The standard InChI is InChI=1S/C32H34N2O8S3/c1-31(2,3)42-30(37)34(17-25(36)20-14-15-24(35)23(16-20)33-45(5,38)39)32(4,40-26-18-43-28-12-8-6-10-21(26)28)41-27-19-44-29-13-9-7-11-22(27)29/h6-16,18-19,25,33,35-36H,17H2,1-5H3. The van der Waals surface area contributed by atoms with Crippen LogP contribution in [0.15, 0.2) is 77.5 Å². The Morgan fingerprint density at radius 1 is 0.911 bits per heavy atom. The van der Waals surface area contributed by atoms with E-state index in [9.17, 15) is 23.4 Å². The average molecular weight is 671 g/mol. The number of sulfonamides is 1. The van der Waals surface area contributed by atoms with Gasteiger partial charge in [-0.05, 0) is 62.7 Å². The van der Waals surface area contributed by atoms with Gasteiger partial charge in [-0.2, -0.15) is 0 Å². The fraction of sp³-hybridized carbons (Fsp3) is 0.281. The monoisotopic (exact) mass is 670 g/mol. The lowest BCUT2D eigenvalue weighted by molar-refractivity contribution is -0.205. The Balaban J connectivity index is 1.60. The van der Waals surface area contributed by atoms with Gasteiger partial charge in [-0.1, -0.05) is 30.3 Å². The summed E-state index contributed by atoms with van der Waals surface area (Å²) in [5.74, 6) is -1.26. The SMILES string of the molecule is CC(C)(C)OC(=O)N(CC(O)c1ccc(O)c(NS(C)(=O)=O)c1)C(C)(Oc1csc2ccccc12)Oc1csc2ccccc12. The Labute approximate surface area is 269 Å². The Kier molecular flexibility index (Phi) is 8.91. The Bertz CT molecular complexity index is 1870. The first-order valence-corrected chi connectivity index (χ1v) is 17.6. The second-order valence-corrected chi connectivity index (χ2v) is 15.1. The number of aliphatic hydroxyl groups excluding tert-OH is 1. The number of carbonyl (C=O) groups excluding carboxylic acids is 1. The van der Waals surface area contributed by atoms with E-state index in [4.69, 9.17) is 14.2 Å². The minimum atomic E-state index is -3.73. The van der Waals surface area contributed by atoms with Crippen LogP contribution in [-0.2, 0) is 14.8 Å². The molecule has 238 valence electrons. The van der Waals surface area contributed by atoms with Crippen molar-refractivity contribution in [3.63, 3.8) is 0 Å². The number of rotatable bonds is 10. The summed E-state index contributed by atoms with van der Waals surface area (Å²) in [6.07, 6.45) is -1.26. The lowest BCUT2D eigenvalue weighted by Crippen LogP contribution is -2.59. The molecular weight excluding hydrogens is 637 g/mol. The topological polar surface area (TPSA) is 135 Å². The number of hydrogen-bond acceptors (Lipinski definition) is 10. The molecule has 2 aromatic heterocycles. The lowest BCUT2D eigenvalue weighted by Gasteiger charge is -2.41. The number of aromatic hydroxyl groups is 1. The maximum absolute atomic E-state index is 14.0. The molecule has 5 aromatic rings. The fourth-order valence-electron chi connectivity index (χ4n) is 4.65. The normalized spacial score (nSPS) is 13.0. The molecule has 1 amide bonds. The summed E-state index contributed by atoms with van der Waals surface area (Å²) in [4.78, 5) is 15.1. The predicted octanol–water partition coefficient (Wildman–Crippen LogP) is 7.30. The van der Waals surface area contributed by atoms with Crippen molar-refractivity contribution in [2.75, 3.05) is 17.5 Å². The summed E-state index contributed by atoms with van der Waals surface area (Å²) < 4.78 is 46.9. The van der Waals surface area contributed by atoms with Crippen molar-refractivity contribution in [2.45, 2.75) is 45.3 Å². The molecule has 0 aliphatic carbocycles. The van der Waals surface area contributed by atoms with Gasteiger partial charge in [0.05, 0.1) is 24.6 Å². The summed E-state index contributed by atoms with van der Waals surface area (Å²) in [5.41, 5.74) is -0.810. The van der Waals surface area contributed by atoms with Gasteiger partial charge in [-0.15, -0.1) is 22.7 Å². The molecular formula is C32H34N2O8S3. The highest BCUT2D eigenvalue weighted by atomic mass is 32.2. The minimum absolute atomic E-state index is 0.123. The number of nitrogens with one attached hydrogen (secondary N) is 1. The molecule has 13 heteroatoms. The van der Waals surface area contributed by atoms with Crippen LogP contribution in [0.3, 0.4) is 0 Å². The molecule has 3 N–H and O–H groups in total. The molecule has 2 heterocycles. The van der Waals surface area contributed by atoms with Crippen molar-refractivity contribution in [1.82, 2.24) is 4.90 Å². The van der Waals surface area contributed by atoms with Gasteiger partial charge >= 0.3 is 12.0 Å². The second kappa shape index (κ2) is 12.4. The number of phenolic OH excluding ortho intramolecular Hbond substituents is 1. The number of phenols is 1. The van der Waals surface area contributed by atoms with Crippen LogP contribution in [0.1, 0.15) is 39.4 Å². The van der Waals surface area contributed by atoms with Gasteiger partial charge in [-0.25, -0.2) is 18.1 Å². The molecule has 0 spiro atoms. The molecule has 10 nitrogen and oxygen atoms in total. The first-order chi connectivity index (χ1) is 21.1. The molecule has 1 unspecified atom stereocenters. The molecule has 5 rings (SSSR count). The Hall–Kier alpha value is -4.04. The van der Waals surface area contributed by atoms with Crippen molar-refractivity contribution < 1.29 is 37.6 Å². The van der Waals surface area contributed by atoms with Gasteiger partial charge in [0.2, 0.25) is 10.0 Å². The zero-order valence-corrected chi connectivity index (χ0v) is 27.8. The number of ether oxygens (including phenoxy) is 3.